The average Bonchev–Trinajstić information content (AvgIpc) is 3.58. The summed E-state index contributed by atoms with van der Waals surface area (Å²) < 4.78 is 8.24. The number of halogens is 2. The zero-order chi connectivity index (χ0) is 28.3. The molecule has 0 saturated carbocycles. The molecule has 0 aliphatic carbocycles. The van der Waals surface area contributed by atoms with Crippen molar-refractivity contribution in [3.8, 4) is 22.5 Å². The van der Waals surface area contributed by atoms with Crippen molar-refractivity contribution in [1.29, 1.82) is 0 Å². The molecule has 3 aromatic heterocycles. The molecule has 2 N–H and O–H groups in total. The van der Waals surface area contributed by atoms with Crippen LogP contribution in [0.25, 0.3) is 28.2 Å². The number of rotatable bonds is 8. The minimum Gasteiger partial charge on any atom is -0.367 e. The third-order valence-corrected chi connectivity index (χ3v) is 7.76. The molecule has 41 heavy (non-hydrogen) atoms. The summed E-state index contributed by atoms with van der Waals surface area (Å²) in [5, 5.41) is 11.3. The number of carbonyl (C=O) groups excluding carboxylic acids is 1. The number of nitrogens with zero attached hydrogens (tertiary/aromatic N) is 3. The molecule has 204 valence electrons. The molecule has 3 heterocycles. The number of hydrogen-bond acceptors (Lipinski definition) is 5. The lowest BCUT2D eigenvalue weighted by Crippen LogP contribution is -2.23. The fraction of sp³-hybridized carbons (Fsp3) is 0.0938. The van der Waals surface area contributed by atoms with Crippen LogP contribution in [-0.4, -0.2) is 20.4 Å². The molecule has 0 saturated heterocycles. The molecular formula is C32H25BrClN5O2. The van der Waals surface area contributed by atoms with Crippen LogP contribution in [0.2, 0.25) is 5.02 Å². The molecule has 0 fully saturated rings. The minimum absolute atomic E-state index is 0.220. The number of benzene rings is 3. The molecule has 6 aromatic rings. The van der Waals surface area contributed by atoms with Crippen LogP contribution < -0.4 is 10.6 Å². The molecule has 0 aliphatic heterocycles. The van der Waals surface area contributed by atoms with Crippen LogP contribution in [0.4, 0.5) is 5.82 Å². The van der Waals surface area contributed by atoms with Crippen LogP contribution >= 0.6 is 27.5 Å². The summed E-state index contributed by atoms with van der Waals surface area (Å²) in [5.74, 6) is 1.16. The second-order valence-corrected chi connectivity index (χ2v) is 10.8. The Kier molecular flexibility index (Phi) is 7.59. The summed E-state index contributed by atoms with van der Waals surface area (Å²) in [5.41, 5.74) is 6.37. The van der Waals surface area contributed by atoms with Crippen LogP contribution in [0, 0.1) is 6.92 Å². The summed E-state index contributed by atoms with van der Waals surface area (Å²) in [7, 11) is 0. The van der Waals surface area contributed by atoms with E-state index in [0.29, 0.717) is 35.1 Å². The SMILES string of the molecule is Cc1onc(-c2ccccc2)c1C(=O)NCc1ccc(CNc2cc(-c3ccccc3Cl)nc3c(Br)ccn23)cc1. The molecule has 9 heteroatoms. The van der Waals surface area contributed by atoms with Gasteiger partial charge in [0.2, 0.25) is 0 Å². The van der Waals surface area contributed by atoms with Gasteiger partial charge in [0.05, 0.1) is 10.2 Å². The number of aromatic nitrogens is 3. The lowest BCUT2D eigenvalue weighted by molar-refractivity contribution is 0.0950. The zero-order valence-electron chi connectivity index (χ0n) is 22.1. The Morgan fingerprint density at radius 1 is 0.951 bits per heavy atom. The van der Waals surface area contributed by atoms with Gasteiger partial charge in [0.1, 0.15) is 22.8 Å². The topological polar surface area (TPSA) is 84.5 Å². The number of nitrogens with one attached hydrogen (secondary N) is 2. The number of aryl methyl sites for hydroxylation is 1. The maximum Gasteiger partial charge on any atom is 0.257 e. The van der Waals surface area contributed by atoms with Crippen LogP contribution in [-0.2, 0) is 13.1 Å². The Balaban J connectivity index is 1.14. The highest BCUT2D eigenvalue weighted by Gasteiger charge is 2.21. The van der Waals surface area contributed by atoms with Crippen molar-refractivity contribution in [3.63, 3.8) is 0 Å². The van der Waals surface area contributed by atoms with Crippen molar-refractivity contribution in [2.45, 2.75) is 20.0 Å². The highest BCUT2D eigenvalue weighted by atomic mass is 79.9. The molecule has 0 atom stereocenters. The van der Waals surface area contributed by atoms with Crippen molar-refractivity contribution in [3.05, 3.63) is 129 Å². The van der Waals surface area contributed by atoms with Gasteiger partial charge in [0, 0.05) is 41.5 Å². The number of fused-ring (bicyclic) bond motifs is 1. The van der Waals surface area contributed by atoms with Gasteiger partial charge in [-0.05, 0) is 46.1 Å². The summed E-state index contributed by atoms with van der Waals surface area (Å²) >= 11 is 10.1. The molecular weight excluding hydrogens is 602 g/mol. The average molecular weight is 627 g/mol. The van der Waals surface area contributed by atoms with Gasteiger partial charge in [-0.25, -0.2) is 4.98 Å². The Bertz CT molecular complexity index is 1850. The van der Waals surface area contributed by atoms with Gasteiger partial charge in [-0.15, -0.1) is 0 Å². The maximum absolute atomic E-state index is 13.0. The fourth-order valence-electron chi connectivity index (χ4n) is 4.66. The van der Waals surface area contributed by atoms with Crippen molar-refractivity contribution >= 4 is 44.9 Å². The summed E-state index contributed by atoms with van der Waals surface area (Å²) in [4.78, 5) is 17.9. The molecule has 1 amide bonds. The van der Waals surface area contributed by atoms with E-state index in [9.17, 15) is 4.79 Å². The lowest BCUT2D eigenvalue weighted by Gasteiger charge is -2.13. The molecule has 6 rings (SSSR count). The van der Waals surface area contributed by atoms with E-state index in [2.05, 4.69) is 31.7 Å². The Morgan fingerprint density at radius 2 is 1.66 bits per heavy atom. The summed E-state index contributed by atoms with van der Waals surface area (Å²) in [6.45, 7) is 2.73. The monoisotopic (exact) mass is 625 g/mol. The smallest absolute Gasteiger partial charge is 0.257 e. The predicted molar refractivity (Wildman–Crippen MR) is 165 cm³/mol. The van der Waals surface area contributed by atoms with Gasteiger partial charge >= 0.3 is 0 Å². The largest absolute Gasteiger partial charge is 0.367 e. The summed E-state index contributed by atoms with van der Waals surface area (Å²) in [6.07, 6.45) is 1.97. The molecule has 0 unspecified atom stereocenters. The molecule has 0 radical (unpaired) electrons. The normalized spacial score (nSPS) is 11.1. The van der Waals surface area contributed by atoms with E-state index in [0.717, 1.165) is 43.9 Å². The minimum atomic E-state index is -0.220. The first-order valence-electron chi connectivity index (χ1n) is 13.0. The molecule has 0 bridgehead atoms. The molecule has 0 spiro atoms. The number of anilines is 1. The molecule has 7 nitrogen and oxygen atoms in total. The van der Waals surface area contributed by atoms with E-state index < -0.39 is 0 Å². The Morgan fingerprint density at radius 3 is 2.41 bits per heavy atom. The van der Waals surface area contributed by atoms with Gasteiger partial charge < -0.3 is 15.2 Å². The van der Waals surface area contributed by atoms with Gasteiger partial charge in [-0.2, -0.15) is 0 Å². The van der Waals surface area contributed by atoms with Crippen molar-refractivity contribution in [1.82, 2.24) is 19.9 Å². The number of amides is 1. The van der Waals surface area contributed by atoms with Gasteiger partial charge in [0.25, 0.3) is 5.91 Å². The van der Waals surface area contributed by atoms with E-state index in [-0.39, 0.29) is 5.91 Å². The Hall–Kier alpha value is -4.40. The zero-order valence-corrected chi connectivity index (χ0v) is 24.4. The van der Waals surface area contributed by atoms with Gasteiger partial charge in [0.15, 0.2) is 5.65 Å². The summed E-state index contributed by atoms with van der Waals surface area (Å²) in [6, 6.07) is 29.3. The first-order valence-corrected chi connectivity index (χ1v) is 14.2. The molecule has 3 aromatic carbocycles. The standard InChI is InChI=1S/C32H25BrClN5O2/c1-20-29(30(38-41-20)23-7-3-2-4-8-23)32(40)36-19-22-13-11-21(12-14-22)18-35-28-17-27(24-9-5-6-10-26(24)34)37-31-25(33)15-16-39(28)31/h2-17,35H,18-19H2,1H3,(H,36,40). The van der Waals surface area contributed by atoms with E-state index >= 15 is 0 Å². The Labute approximate surface area is 250 Å². The predicted octanol–water partition coefficient (Wildman–Crippen LogP) is 7.92. The van der Waals surface area contributed by atoms with Crippen molar-refractivity contribution in [2.75, 3.05) is 5.32 Å². The quantitative estimate of drug-likeness (QED) is 0.179. The van der Waals surface area contributed by atoms with E-state index in [4.69, 9.17) is 21.1 Å². The van der Waals surface area contributed by atoms with E-state index in [1.165, 1.54) is 0 Å². The van der Waals surface area contributed by atoms with Crippen molar-refractivity contribution < 1.29 is 9.32 Å². The number of carbonyl (C=O) groups is 1. The van der Waals surface area contributed by atoms with E-state index in [1.807, 2.05) is 102 Å². The second kappa shape index (κ2) is 11.6. The maximum atomic E-state index is 13.0. The first-order chi connectivity index (χ1) is 20.0. The van der Waals surface area contributed by atoms with Crippen LogP contribution in [0.5, 0.6) is 0 Å². The third kappa shape index (κ3) is 5.62. The van der Waals surface area contributed by atoms with Crippen molar-refractivity contribution in [2.24, 2.45) is 0 Å². The van der Waals surface area contributed by atoms with Crippen LogP contribution in [0.15, 0.2) is 106 Å². The first kappa shape index (κ1) is 26.8. The number of hydrogen-bond donors (Lipinski definition) is 2. The van der Waals surface area contributed by atoms with E-state index in [1.54, 1.807) is 6.92 Å². The van der Waals surface area contributed by atoms with Gasteiger partial charge in [-0.1, -0.05) is 89.6 Å². The highest BCUT2D eigenvalue weighted by Crippen LogP contribution is 2.31. The van der Waals surface area contributed by atoms with Crippen LogP contribution in [0.1, 0.15) is 27.2 Å². The van der Waals surface area contributed by atoms with Crippen LogP contribution in [0.3, 0.4) is 0 Å². The second-order valence-electron chi connectivity index (χ2n) is 9.54. The third-order valence-electron chi connectivity index (χ3n) is 6.81. The highest BCUT2D eigenvalue weighted by molar-refractivity contribution is 9.10. The lowest BCUT2D eigenvalue weighted by atomic mass is 10.1. The fourth-order valence-corrected chi connectivity index (χ4v) is 5.29. The molecule has 0 aliphatic rings. The van der Waals surface area contributed by atoms with Gasteiger partial charge in [-0.3, -0.25) is 9.20 Å².